The number of ether oxygens (including phenoxy) is 2. The Bertz CT molecular complexity index is 1300. The number of nitrogens with one attached hydrogen (secondary N) is 1. The lowest BCUT2D eigenvalue weighted by Crippen LogP contribution is -2.08. The molecule has 1 N–H and O–H groups in total. The first kappa shape index (κ1) is 22.8. The van der Waals surface area contributed by atoms with Crippen molar-refractivity contribution in [2.24, 2.45) is 0 Å². The molecule has 4 aromatic rings. The van der Waals surface area contributed by atoms with E-state index < -0.39 is 0 Å². The molecule has 4 rings (SSSR count). The number of anilines is 1. The molecule has 2 aromatic carbocycles. The van der Waals surface area contributed by atoms with Crippen molar-refractivity contribution in [1.82, 2.24) is 14.8 Å². The van der Waals surface area contributed by atoms with Crippen LogP contribution in [0.15, 0.2) is 79.1 Å². The summed E-state index contributed by atoms with van der Waals surface area (Å²) in [5, 5.41) is 7.50. The van der Waals surface area contributed by atoms with E-state index in [-0.39, 0.29) is 5.91 Å². The number of nitrogens with zero attached hydrogens (tertiary/aromatic N) is 3. The topological polar surface area (TPSA) is 78.3 Å². The molecule has 0 spiro atoms. The summed E-state index contributed by atoms with van der Waals surface area (Å²) in [6.45, 7) is 4.25. The minimum atomic E-state index is -0.255. The van der Waals surface area contributed by atoms with Crippen molar-refractivity contribution in [1.29, 1.82) is 0 Å². The maximum absolute atomic E-state index is 12.6. The van der Waals surface area contributed by atoms with Gasteiger partial charge >= 0.3 is 0 Å². The first-order valence-electron chi connectivity index (χ1n) is 10.9. The number of para-hydroxylation sites is 1. The van der Waals surface area contributed by atoms with E-state index in [1.165, 1.54) is 6.08 Å². The van der Waals surface area contributed by atoms with Crippen molar-refractivity contribution >= 4 is 17.7 Å². The fraction of sp³-hybridized carbons (Fsp3) is 0.148. The molecule has 0 saturated heterocycles. The van der Waals surface area contributed by atoms with E-state index >= 15 is 0 Å². The van der Waals surface area contributed by atoms with E-state index in [2.05, 4.69) is 15.4 Å². The van der Waals surface area contributed by atoms with Gasteiger partial charge in [-0.3, -0.25) is 9.78 Å². The zero-order valence-electron chi connectivity index (χ0n) is 19.4. The Kier molecular flexibility index (Phi) is 7.03. The maximum atomic E-state index is 12.6. The minimum absolute atomic E-state index is 0.255. The van der Waals surface area contributed by atoms with Gasteiger partial charge in [0.2, 0.25) is 5.91 Å². The Hall–Kier alpha value is -4.39. The van der Waals surface area contributed by atoms with Crippen molar-refractivity contribution in [2.75, 3.05) is 12.4 Å². The molecule has 0 bridgehead atoms. The predicted molar refractivity (Wildman–Crippen MR) is 132 cm³/mol. The normalized spacial score (nSPS) is 10.9. The summed E-state index contributed by atoms with van der Waals surface area (Å²) in [6.07, 6.45) is 6.75. The number of carbonyl (C=O) groups is 1. The summed E-state index contributed by atoms with van der Waals surface area (Å²) in [4.78, 5) is 16.7. The second-order valence-electron chi connectivity index (χ2n) is 7.67. The first-order valence-corrected chi connectivity index (χ1v) is 10.9. The third-order valence-corrected chi connectivity index (χ3v) is 5.30. The van der Waals surface area contributed by atoms with Gasteiger partial charge in [0.05, 0.1) is 18.5 Å². The summed E-state index contributed by atoms with van der Waals surface area (Å²) in [5.74, 6) is 0.857. The number of amides is 1. The molecule has 7 nitrogen and oxygen atoms in total. The Labute approximate surface area is 198 Å². The highest BCUT2D eigenvalue weighted by molar-refractivity contribution is 6.02. The molecular weight excluding hydrogens is 428 g/mol. The van der Waals surface area contributed by atoms with Crippen LogP contribution in [-0.4, -0.2) is 27.8 Å². The number of aryl methyl sites for hydroxylation is 1. The molecule has 0 radical (unpaired) electrons. The van der Waals surface area contributed by atoms with E-state index in [1.807, 2.05) is 61.0 Å². The molecule has 2 heterocycles. The summed E-state index contributed by atoms with van der Waals surface area (Å²) < 4.78 is 13.2. The van der Waals surface area contributed by atoms with Crippen molar-refractivity contribution < 1.29 is 14.3 Å². The van der Waals surface area contributed by atoms with E-state index in [9.17, 15) is 4.79 Å². The minimum Gasteiger partial charge on any atom is -0.493 e. The molecule has 34 heavy (non-hydrogen) atoms. The predicted octanol–water partition coefficient (Wildman–Crippen LogP) is 5.12. The summed E-state index contributed by atoms with van der Waals surface area (Å²) >= 11 is 0. The zero-order chi connectivity index (χ0) is 23.9. The Morgan fingerprint density at radius 2 is 1.88 bits per heavy atom. The van der Waals surface area contributed by atoms with Crippen molar-refractivity contribution in [3.05, 3.63) is 102 Å². The number of hydrogen-bond donors (Lipinski definition) is 1. The number of hydrogen-bond acceptors (Lipinski definition) is 5. The van der Waals surface area contributed by atoms with Gasteiger partial charge in [0.25, 0.3) is 0 Å². The average Bonchev–Trinajstić information content (AvgIpc) is 3.15. The molecule has 0 fully saturated rings. The van der Waals surface area contributed by atoms with Crippen LogP contribution in [0.25, 0.3) is 11.8 Å². The van der Waals surface area contributed by atoms with E-state index in [0.717, 1.165) is 28.2 Å². The van der Waals surface area contributed by atoms with Crippen LogP contribution in [0.2, 0.25) is 0 Å². The molecule has 0 aliphatic heterocycles. The number of methoxy groups -OCH3 is 1. The molecule has 172 valence electrons. The van der Waals surface area contributed by atoms with Crippen molar-refractivity contribution in [3.63, 3.8) is 0 Å². The molecule has 2 aromatic heterocycles. The maximum Gasteiger partial charge on any atom is 0.248 e. The number of carbonyl (C=O) groups excluding carboxylic acids is 1. The number of pyridine rings is 1. The Morgan fingerprint density at radius 1 is 1.06 bits per heavy atom. The number of benzene rings is 2. The first-order chi connectivity index (χ1) is 16.5. The molecular formula is C27H26N4O3. The van der Waals surface area contributed by atoms with E-state index in [0.29, 0.717) is 23.8 Å². The van der Waals surface area contributed by atoms with Crippen LogP contribution in [-0.2, 0) is 11.4 Å². The highest BCUT2D eigenvalue weighted by Gasteiger charge is 2.12. The Morgan fingerprint density at radius 3 is 2.62 bits per heavy atom. The van der Waals surface area contributed by atoms with E-state index in [1.54, 1.807) is 43.8 Å². The van der Waals surface area contributed by atoms with Crippen LogP contribution in [0.1, 0.15) is 22.5 Å². The summed E-state index contributed by atoms with van der Waals surface area (Å²) in [6, 6.07) is 19.0. The van der Waals surface area contributed by atoms with E-state index in [4.69, 9.17) is 9.47 Å². The molecule has 0 aliphatic carbocycles. The average molecular weight is 455 g/mol. The second kappa shape index (κ2) is 10.5. The zero-order valence-corrected chi connectivity index (χ0v) is 19.4. The summed E-state index contributed by atoms with van der Waals surface area (Å²) in [5.41, 5.74) is 5.23. The van der Waals surface area contributed by atoms with Crippen LogP contribution >= 0.6 is 0 Å². The van der Waals surface area contributed by atoms with Crippen LogP contribution in [0.4, 0.5) is 5.69 Å². The van der Waals surface area contributed by atoms with Gasteiger partial charge in [-0.1, -0.05) is 24.3 Å². The molecule has 0 unspecified atom stereocenters. The largest absolute Gasteiger partial charge is 0.493 e. The highest BCUT2D eigenvalue weighted by Crippen LogP contribution is 2.31. The Balaban J connectivity index is 1.46. The molecule has 0 atom stereocenters. The lowest BCUT2D eigenvalue weighted by molar-refractivity contribution is -0.111. The van der Waals surface area contributed by atoms with Gasteiger partial charge in [-0.25, -0.2) is 4.68 Å². The van der Waals surface area contributed by atoms with Gasteiger partial charge in [-0.05, 0) is 50.3 Å². The van der Waals surface area contributed by atoms with Gasteiger partial charge in [-0.2, -0.15) is 5.10 Å². The smallest absolute Gasteiger partial charge is 0.248 e. The SMILES string of the molecule is COc1ccc(NC(=O)/C=C/c2c(C)nn(-c3ccccc3)c2C)cc1OCc1cccnc1. The number of rotatable bonds is 8. The second-order valence-corrected chi connectivity index (χ2v) is 7.67. The molecule has 0 aliphatic rings. The van der Waals surface area contributed by atoms with Gasteiger partial charge < -0.3 is 14.8 Å². The molecule has 7 heteroatoms. The number of aromatic nitrogens is 3. The van der Waals surface area contributed by atoms with Crippen LogP contribution < -0.4 is 14.8 Å². The lowest BCUT2D eigenvalue weighted by Gasteiger charge is -2.12. The van der Waals surface area contributed by atoms with Crippen molar-refractivity contribution in [3.8, 4) is 17.2 Å². The third kappa shape index (κ3) is 5.32. The van der Waals surface area contributed by atoms with Crippen LogP contribution in [0.5, 0.6) is 11.5 Å². The molecule has 1 amide bonds. The quantitative estimate of drug-likeness (QED) is 0.374. The standard InChI is InChI=1S/C27H26N4O3/c1-19-24(20(2)31(30-19)23-9-5-4-6-10-23)12-14-27(32)29-22-11-13-25(33-3)26(16-22)34-18-21-8-7-15-28-17-21/h4-17H,18H2,1-3H3,(H,29,32)/b14-12+. The van der Waals surface area contributed by atoms with Crippen molar-refractivity contribution in [2.45, 2.75) is 20.5 Å². The fourth-order valence-electron chi connectivity index (χ4n) is 3.57. The lowest BCUT2D eigenvalue weighted by atomic mass is 10.2. The monoisotopic (exact) mass is 454 g/mol. The van der Waals surface area contributed by atoms with Gasteiger partial charge in [-0.15, -0.1) is 0 Å². The third-order valence-electron chi connectivity index (χ3n) is 5.30. The highest BCUT2D eigenvalue weighted by atomic mass is 16.5. The van der Waals surface area contributed by atoms with Gasteiger partial charge in [0, 0.05) is 47.0 Å². The fourth-order valence-corrected chi connectivity index (χ4v) is 3.57. The van der Waals surface area contributed by atoms with Gasteiger partial charge in [0.15, 0.2) is 11.5 Å². The summed E-state index contributed by atoms with van der Waals surface area (Å²) in [7, 11) is 1.58. The molecule has 0 saturated carbocycles. The van der Waals surface area contributed by atoms with Crippen LogP contribution in [0.3, 0.4) is 0 Å². The van der Waals surface area contributed by atoms with Gasteiger partial charge in [0.1, 0.15) is 6.61 Å². The van der Waals surface area contributed by atoms with Crippen LogP contribution in [0, 0.1) is 13.8 Å².